The molecule has 0 unspecified atom stereocenters. The van der Waals surface area contributed by atoms with Crippen molar-refractivity contribution in [2.75, 3.05) is 0 Å². The van der Waals surface area contributed by atoms with Crippen molar-refractivity contribution in [3.63, 3.8) is 0 Å². The average molecular weight is 376 g/mol. The zero-order valence-corrected chi connectivity index (χ0v) is 16.4. The van der Waals surface area contributed by atoms with Gasteiger partial charge >= 0.3 is 5.97 Å². The van der Waals surface area contributed by atoms with Crippen molar-refractivity contribution in [3.05, 3.63) is 27.6 Å². The smallest absolute Gasteiger partial charge is 0.372 e. The van der Waals surface area contributed by atoms with Gasteiger partial charge in [0.25, 0.3) is 5.95 Å². The van der Waals surface area contributed by atoms with Crippen LogP contribution < -0.4 is 10.2 Å². The summed E-state index contributed by atoms with van der Waals surface area (Å²) in [5.74, 6) is -1.15. The van der Waals surface area contributed by atoms with Crippen LogP contribution in [0.4, 0.5) is 0 Å². The third-order valence-electron chi connectivity index (χ3n) is 7.93. The number of carbonyl (C=O) groups is 1. The first-order valence-electron chi connectivity index (χ1n) is 9.76. The zero-order valence-electron chi connectivity index (χ0n) is 16.4. The first-order chi connectivity index (χ1) is 12.5. The molecule has 1 aromatic rings. The number of carboxylic acids is 1. The Morgan fingerprint density at radius 3 is 2.52 bits per heavy atom. The number of fused-ring (bicyclic) bond motifs is 4. The number of carboxylic acid groups (broad SMARTS) is 1. The summed E-state index contributed by atoms with van der Waals surface area (Å²) in [5.41, 5.74) is -0.661. The highest BCUT2D eigenvalue weighted by atomic mass is 16.6. The van der Waals surface area contributed by atoms with E-state index in [0.29, 0.717) is 17.9 Å². The van der Waals surface area contributed by atoms with Gasteiger partial charge in [0.1, 0.15) is 5.60 Å². The van der Waals surface area contributed by atoms with E-state index in [2.05, 4.69) is 20.8 Å². The minimum atomic E-state index is -1.27. The second kappa shape index (κ2) is 5.60. The molecule has 0 spiro atoms. The van der Waals surface area contributed by atoms with E-state index in [-0.39, 0.29) is 40.0 Å². The lowest BCUT2D eigenvalue weighted by Gasteiger charge is -2.63. The van der Waals surface area contributed by atoms with Gasteiger partial charge in [0.05, 0.1) is 11.7 Å². The molecule has 0 radical (unpaired) electrons. The first-order valence-corrected chi connectivity index (χ1v) is 9.76. The Balaban J connectivity index is 1.80. The van der Waals surface area contributed by atoms with Crippen LogP contribution in [-0.4, -0.2) is 27.9 Å². The van der Waals surface area contributed by atoms with E-state index in [9.17, 15) is 19.8 Å². The molecule has 0 bridgehead atoms. The molecule has 0 amide bonds. The van der Waals surface area contributed by atoms with Crippen molar-refractivity contribution in [1.82, 2.24) is 0 Å². The van der Waals surface area contributed by atoms with E-state index in [0.717, 1.165) is 31.7 Å². The van der Waals surface area contributed by atoms with Gasteiger partial charge in [0, 0.05) is 12.0 Å². The molecule has 148 valence electrons. The molecule has 6 heteroatoms. The lowest BCUT2D eigenvalue weighted by Crippen LogP contribution is -2.63. The van der Waals surface area contributed by atoms with E-state index in [1.165, 1.54) is 0 Å². The van der Waals surface area contributed by atoms with Crippen molar-refractivity contribution in [1.29, 1.82) is 0 Å². The molecule has 3 aliphatic rings. The summed E-state index contributed by atoms with van der Waals surface area (Å²) in [7, 11) is 0. The lowest BCUT2D eigenvalue weighted by molar-refractivity contribution is -0.195. The zero-order chi connectivity index (χ0) is 19.8. The Morgan fingerprint density at radius 1 is 1.15 bits per heavy atom. The Bertz CT molecular complexity index is 855. The van der Waals surface area contributed by atoms with Crippen molar-refractivity contribution < 1.29 is 24.2 Å². The van der Waals surface area contributed by atoms with Crippen molar-refractivity contribution in [2.45, 2.75) is 71.5 Å². The molecule has 1 aliphatic heterocycles. The fourth-order valence-corrected chi connectivity index (χ4v) is 6.35. The quantitative estimate of drug-likeness (QED) is 0.781. The van der Waals surface area contributed by atoms with Crippen LogP contribution in [0, 0.1) is 22.7 Å². The normalized spacial score (nSPS) is 39.5. The topological polar surface area (TPSA) is 97.0 Å². The molecular formula is C21H28O6. The summed E-state index contributed by atoms with van der Waals surface area (Å²) in [5, 5.41) is 19.8. The second-order valence-electron chi connectivity index (χ2n) is 9.69. The molecule has 0 saturated heterocycles. The summed E-state index contributed by atoms with van der Waals surface area (Å²) >= 11 is 0. The molecule has 2 aliphatic carbocycles. The van der Waals surface area contributed by atoms with Crippen molar-refractivity contribution in [3.8, 4) is 5.95 Å². The standard InChI is InChI=1S/C21H28O6/c1-19(2)14-5-8-21(4)15(20(14,3)7-6-16(19)23)9-11-12(22)10-13(17(24)25)26-18(11)27-21/h10,14-16,23H,5-9H2,1-4H3,(H,24,25)/t14-,15+,16-,20-,21-/m0/s1. The SMILES string of the molecule is CC1(C)[C@@H](O)CC[C@]2(C)[C@H]3Cc4c(oc(C(=O)O)cc4=O)O[C@@]3(C)CC[C@@H]12. The Kier molecular flexibility index (Phi) is 3.84. The van der Waals surface area contributed by atoms with Crippen LogP contribution in [0.5, 0.6) is 5.95 Å². The monoisotopic (exact) mass is 376 g/mol. The van der Waals surface area contributed by atoms with E-state index in [1.807, 2.05) is 6.92 Å². The van der Waals surface area contributed by atoms with Gasteiger partial charge in [-0.05, 0) is 55.8 Å². The van der Waals surface area contributed by atoms with Crippen LogP contribution >= 0.6 is 0 Å². The minimum absolute atomic E-state index is 0.0642. The van der Waals surface area contributed by atoms with Crippen LogP contribution in [0.1, 0.15) is 69.5 Å². The number of hydrogen-bond donors (Lipinski definition) is 2. The third kappa shape index (κ3) is 2.49. The third-order valence-corrected chi connectivity index (χ3v) is 7.93. The fourth-order valence-electron chi connectivity index (χ4n) is 6.35. The Morgan fingerprint density at radius 2 is 1.85 bits per heavy atom. The predicted molar refractivity (Wildman–Crippen MR) is 98.0 cm³/mol. The predicted octanol–water partition coefficient (Wildman–Crippen LogP) is 3.25. The van der Waals surface area contributed by atoms with Gasteiger partial charge in [0.15, 0.2) is 5.43 Å². The molecule has 0 aromatic carbocycles. The number of hydrogen-bond acceptors (Lipinski definition) is 5. The summed E-state index contributed by atoms with van der Waals surface area (Å²) < 4.78 is 11.6. The van der Waals surface area contributed by atoms with Crippen LogP contribution in [-0.2, 0) is 6.42 Å². The van der Waals surface area contributed by atoms with E-state index in [4.69, 9.17) is 9.15 Å². The van der Waals surface area contributed by atoms with Crippen LogP contribution in [0.3, 0.4) is 0 Å². The van der Waals surface area contributed by atoms with Gasteiger partial charge in [0.2, 0.25) is 5.76 Å². The second-order valence-corrected chi connectivity index (χ2v) is 9.69. The summed E-state index contributed by atoms with van der Waals surface area (Å²) in [6, 6.07) is 1.05. The van der Waals surface area contributed by atoms with Crippen LogP contribution in [0.2, 0.25) is 0 Å². The fraction of sp³-hybridized carbons (Fsp3) is 0.714. The van der Waals surface area contributed by atoms with Gasteiger partial charge < -0.3 is 19.4 Å². The number of aliphatic hydroxyl groups is 1. The minimum Gasteiger partial charge on any atom is -0.475 e. The molecule has 2 heterocycles. The van der Waals surface area contributed by atoms with Crippen molar-refractivity contribution in [2.24, 2.45) is 22.7 Å². The van der Waals surface area contributed by atoms with Gasteiger partial charge in [-0.15, -0.1) is 0 Å². The van der Waals surface area contributed by atoms with Gasteiger partial charge in [-0.2, -0.15) is 0 Å². The molecular weight excluding hydrogens is 348 g/mol. The summed E-state index contributed by atoms with van der Waals surface area (Å²) in [4.78, 5) is 23.8. The van der Waals surface area contributed by atoms with Gasteiger partial charge in [-0.1, -0.05) is 20.8 Å². The number of ether oxygens (including phenoxy) is 1. The molecule has 27 heavy (non-hydrogen) atoms. The van der Waals surface area contributed by atoms with Crippen molar-refractivity contribution >= 4 is 5.97 Å². The van der Waals surface area contributed by atoms with Gasteiger partial charge in [-0.3, -0.25) is 4.79 Å². The van der Waals surface area contributed by atoms with E-state index < -0.39 is 11.6 Å². The molecule has 6 nitrogen and oxygen atoms in total. The van der Waals surface area contributed by atoms with E-state index in [1.54, 1.807) is 0 Å². The molecule has 2 N–H and O–H groups in total. The van der Waals surface area contributed by atoms with Crippen LogP contribution in [0.15, 0.2) is 15.3 Å². The first kappa shape index (κ1) is 18.5. The maximum atomic E-state index is 12.6. The number of aromatic carboxylic acids is 1. The highest BCUT2D eigenvalue weighted by Crippen LogP contribution is 2.64. The van der Waals surface area contributed by atoms with Gasteiger partial charge in [-0.25, -0.2) is 4.79 Å². The highest BCUT2D eigenvalue weighted by molar-refractivity contribution is 5.84. The molecule has 1 aromatic heterocycles. The maximum Gasteiger partial charge on any atom is 0.372 e. The Hall–Kier alpha value is -1.82. The molecule has 2 saturated carbocycles. The molecule has 5 atom stereocenters. The average Bonchev–Trinajstić information content (AvgIpc) is 2.57. The number of aliphatic hydroxyl groups excluding tert-OH is 1. The number of rotatable bonds is 1. The summed E-state index contributed by atoms with van der Waals surface area (Å²) in [6.07, 6.45) is 3.54. The molecule has 2 fully saturated rings. The summed E-state index contributed by atoms with van der Waals surface area (Å²) in [6.45, 7) is 8.61. The van der Waals surface area contributed by atoms with Crippen LogP contribution in [0.25, 0.3) is 0 Å². The molecule has 4 rings (SSSR count). The Labute approximate surface area is 158 Å². The highest BCUT2D eigenvalue weighted by Gasteiger charge is 2.62. The largest absolute Gasteiger partial charge is 0.475 e. The van der Waals surface area contributed by atoms with E-state index >= 15 is 0 Å². The lowest BCUT2D eigenvalue weighted by atomic mass is 9.44. The maximum absolute atomic E-state index is 12.6.